The molecule has 122 valence electrons. The molecule has 0 saturated carbocycles. The third-order valence-corrected chi connectivity index (χ3v) is 3.41. The van der Waals surface area contributed by atoms with Crippen molar-refractivity contribution in [1.82, 2.24) is 15.4 Å². The Balaban J connectivity index is 0. The number of guanidine groups is 1. The Morgan fingerprint density at radius 3 is 2.30 bits per heavy atom. The summed E-state index contributed by atoms with van der Waals surface area (Å²) in [4.78, 5) is 4.42. The zero-order valence-electron chi connectivity index (χ0n) is 13.1. The van der Waals surface area contributed by atoms with Gasteiger partial charge in [-0.2, -0.15) is 0 Å². The van der Waals surface area contributed by atoms with Crippen LogP contribution in [-0.2, 0) is 10.0 Å². The second kappa shape index (κ2) is 11.6. The van der Waals surface area contributed by atoms with Gasteiger partial charge in [-0.25, -0.2) is 13.1 Å². The van der Waals surface area contributed by atoms with E-state index in [0.717, 1.165) is 18.8 Å². The third-order valence-electron chi connectivity index (χ3n) is 2.68. The van der Waals surface area contributed by atoms with Crippen LogP contribution >= 0.6 is 24.0 Å². The van der Waals surface area contributed by atoms with Gasteiger partial charge in [-0.3, -0.25) is 4.99 Å². The van der Waals surface area contributed by atoms with Gasteiger partial charge < -0.3 is 10.6 Å². The normalized spacial score (nSPS) is 13.8. The summed E-state index contributed by atoms with van der Waals surface area (Å²) in [6, 6.07) is 0.340. The summed E-state index contributed by atoms with van der Waals surface area (Å²) in [5, 5.41) is 6.50. The molecule has 0 radical (unpaired) electrons. The molecule has 3 N–H and O–H groups in total. The summed E-state index contributed by atoms with van der Waals surface area (Å²) >= 11 is 0. The molecule has 8 heteroatoms. The Bertz CT molecular complexity index is 372. The van der Waals surface area contributed by atoms with E-state index in [1.54, 1.807) is 0 Å². The fraction of sp³-hybridized carbons (Fsp3) is 0.917. The molecule has 0 spiro atoms. The topological polar surface area (TPSA) is 82.6 Å². The van der Waals surface area contributed by atoms with Crippen LogP contribution in [0.5, 0.6) is 0 Å². The number of halogens is 1. The molecule has 0 aromatic rings. The van der Waals surface area contributed by atoms with Crippen LogP contribution in [0, 0.1) is 5.92 Å². The Hall–Kier alpha value is -0.0900. The van der Waals surface area contributed by atoms with Crippen molar-refractivity contribution in [3.8, 4) is 0 Å². The second-order valence-corrected chi connectivity index (χ2v) is 6.79. The SMILES string of the molecule is CCNC(=NCCCNS(C)(=O)=O)NC(C)C(C)C.I. The van der Waals surface area contributed by atoms with E-state index in [2.05, 4.69) is 41.1 Å². The maximum Gasteiger partial charge on any atom is 0.208 e. The first-order valence-electron chi connectivity index (χ1n) is 6.75. The standard InChI is InChI=1S/C12H28N4O2S.HI/c1-6-13-12(16-11(4)10(2)3)14-8-7-9-15-19(5,17)18;/h10-11,15H,6-9H2,1-5H3,(H2,13,14,16);1H. The van der Waals surface area contributed by atoms with Gasteiger partial charge >= 0.3 is 0 Å². The lowest BCUT2D eigenvalue weighted by Gasteiger charge is -2.20. The zero-order chi connectivity index (χ0) is 14.9. The van der Waals surface area contributed by atoms with E-state index in [-0.39, 0.29) is 24.0 Å². The number of rotatable bonds is 8. The third kappa shape index (κ3) is 12.9. The van der Waals surface area contributed by atoms with Crippen LogP contribution in [-0.4, -0.2) is 46.3 Å². The fourth-order valence-electron chi connectivity index (χ4n) is 1.23. The highest BCUT2D eigenvalue weighted by atomic mass is 127. The Labute approximate surface area is 140 Å². The van der Waals surface area contributed by atoms with E-state index < -0.39 is 10.0 Å². The van der Waals surface area contributed by atoms with E-state index in [9.17, 15) is 8.42 Å². The second-order valence-electron chi connectivity index (χ2n) is 4.96. The van der Waals surface area contributed by atoms with Crippen LogP contribution in [0.4, 0.5) is 0 Å². The van der Waals surface area contributed by atoms with Crippen LogP contribution in [0.1, 0.15) is 34.1 Å². The van der Waals surface area contributed by atoms with Gasteiger partial charge in [0.25, 0.3) is 0 Å². The highest BCUT2D eigenvalue weighted by Crippen LogP contribution is 1.99. The first kappa shape index (κ1) is 22.2. The molecule has 0 fully saturated rings. The van der Waals surface area contributed by atoms with Crippen molar-refractivity contribution in [3.63, 3.8) is 0 Å². The van der Waals surface area contributed by atoms with Crippen molar-refractivity contribution in [3.05, 3.63) is 0 Å². The molecule has 0 amide bonds. The number of nitrogens with zero attached hydrogens (tertiary/aromatic N) is 1. The number of aliphatic imine (C=N–C) groups is 1. The van der Waals surface area contributed by atoms with Crippen molar-refractivity contribution in [1.29, 1.82) is 0 Å². The largest absolute Gasteiger partial charge is 0.357 e. The fourth-order valence-corrected chi connectivity index (χ4v) is 1.74. The molecular formula is C12H29IN4O2S. The molecule has 0 aliphatic carbocycles. The van der Waals surface area contributed by atoms with Crippen molar-refractivity contribution in [2.24, 2.45) is 10.9 Å². The van der Waals surface area contributed by atoms with Crippen LogP contribution in [0.25, 0.3) is 0 Å². The van der Waals surface area contributed by atoms with E-state index in [0.29, 0.717) is 31.5 Å². The lowest BCUT2D eigenvalue weighted by Crippen LogP contribution is -2.44. The van der Waals surface area contributed by atoms with Crippen LogP contribution < -0.4 is 15.4 Å². The molecule has 0 aromatic carbocycles. The maximum atomic E-state index is 10.9. The van der Waals surface area contributed by atoms with E-state index >= 15 is 0 Å². The number of hydrogen-bond donors (Lipinski definition) is 3. The summed E-state index contributed by atoms with van der Waals surface area (Å²) in [5.41, 5.74) is 0. The monoisotopic (exact) mass is 420 g/mol. The van der Waals surface area contributed by atoms with Crippen molar-refractivity contribution in [2.75, 3.05) is 25.9 Å². The highest BCUT2D eigenvalue weighted by molar-refractivity contribution is 14.0. The van der Waals surface area contributed by atoms with Gasteiger partial charge in [-0.1, -0.05) is 13.8 Å². The molecule has 1 unspecified atom stereocenters. The number of hydrogen-bond acceptors (Lipinski definition) is 3. The van der Waals surface area contributed by atoms with Crippen molar-refractivity contribution < 1.29 is 8.42 Å². The lowest BCUT2D eigenvalue weighted by atomic mass is 10.1. The molecule has 0 heterocycles. The summed E-state index contributed by atoms with van der Waals surface area (Å²) < 4.78 is 24.2. The molecule has 6 nitrogen and oxygen atoms in total. The quantitative estimate of drug-likeness (QED) is 0.238. The van der Waals surface area contributed by atoms with Gasteiger partial charge in [0, 0.05) is 25.7 Å². The van der Waals surface area contributed by atoms with E-state index in [4.69, 9.17) is 0 Å². The van der Waals surface area contributed by atoms with Gasteiger partial charge in [0.2, 0.25) is 10.0 Å². The van der Waals surface area contributed by atoms with Crippen LogP contribution in [0.15, 0.2) is 4.99 Å². The minimum atomic E-state index is -3.10. The van der Waals surface area contributed by atoms with Gasteiger partial charge in [0.05, 0.1) is 6.26 Å². The molecular weight excluding hydrogens is 391 g/mol. The predicted octanol–water partition coefficient (Wildman–Crippen LogP) is 1.14. The number of nitrogens with one attached hydrogen (secondary N) is 3. The van der Waals surface area contributed by atoms with Crippen LogP contribution in [0.3, 0.4) is 0 Å². The molecule has 0 aliphatic rings. The first-order valence-corrected chi connectivity index (χ1v) is 8.65. The minimum absolute atomic E-state index is 0. The maximum absolute atomic E-state index is 10.9. The van der Waals surface area contributed by atoms with Crippen LogP contribution in [0.2, 0.25) is 0 Å². The van der Waals surface area contributed by atoms with E-state index in [1.165, 1.54) is 0 Å². The average Bonchev–Trinajstić information content (AvgIpc) is 2.26. The molecule has 1 atom stereocenters. The molecule has 0 rings (SSSR count). The predicted molar refractivity (Wildman–Crippen MR) is 96.3 cm³/mol. The Morgan fingerprint density at radius 1 is 1.25 bits per heavy atom. The Morgan fingerprint density at radius 2 is 1.85 bits per heavy atom. The van der Waals surface area contributed by atoms with E-state index in [1.807, 2.05) is 6.92 Å². The smallest absolute Gasteiger partial charge is 0.208 e. The zero-order valence-corrected chi connectivity index (χ0v) is 16.2. The summed E-state index contributed by atoms with van der Waals surface area (Å²) in [6.45, 7) is 10.2. The lowest BCUT2D eigenvalue weighted by molar-refractivity contribution is 0.481. The van der Waals surface area contributed by atoms with Gasteiger partial charge in [0.1, 0.15) is 0 Å². The summed E-state index contributed by atoms with van der Waals surface area (Å²) in [7, 11) is -3.10. The molecule has 0 saturated heterocycles. The summed E-state index contributed by atoms with van der Waals surface area (Å²) in [5.74, 6) is 1.30. The van der Waals surface area contributed by atoms with Gasteiger partial charge in [0.15, 0.2) is 5.96 Å². The number of sulfonamides is 1. The van der Waals surface area contributed by atoms with Gasteiger partial charge in [-0.15, -0.1) is 24.0 Å². The van der Waals surface area contributed by atoms with Crippen molar-refractivity contribution in [2.45, 2.75) is 40.2 Å². The van der Waals surface area contributed by atoms with Gasteiger partial charge in [-0.05, 0) is 26.2 Å². The molecule has 0 bridgehead atoms. The molecule has 20 heavy (non-hydrogen) atoms. The minimum Gasteiger partial charge on any atom is -0.357 e. The van der Waals surface area contributed by atoms with Crippen molar-refractivity contribution >= 4 is 40.0 Å². The average molecular weight is 420 g/mol. The molecule has 0 aromatic heterocycles. The molecule has 0 aliphatic heterocycles. The summed E-state index contributed by atoms with van der Waals surface area (Å²) in [6.07, 6.45) is 1.84. The first-order chi connectivity index (χ1) is 8.76. The Kier molecular flexibility index (Phi) is 12.8. The highest BCUT2D eigenvalue weighted by Gasteiger charge is 2.08.